The van der Waals surface area contributed by atoms with E-state index in [1.807, 2.05) is 0 Å². The summed E-state index contributed by atoms with van der Waals surface area (Å²) in [4.78, 5) is 46.7. The fraction of sp³-hybridized carbons (Fsp3) is 0.174. The number of methoxy groups -OCH3 is 1. The van der Waals surface area contributed by atoms with Gasteiger partial charge in [0.2, 0.25) is 0 Å². The van der Waals surface area contributed by atoms with E-state index >= 15 is 0 Å². The Labute approximate surface area is 188 Å². The lowest BCUT2D eigenvalue weighted by atomic mass is 10.2. The molecular formula is C23H22N6O4. The predicted octanol–water partition coefficient (Wildman–Crippen LogP) is 1.06. The molecule has 0 bridgehead atoms. The molecule has 4 aromatic rings. The molecule has 168 valence electrons. The van der Waals surface area contributed by atoms with E-state index in [-0.39, 0.29) is 24.2 Å². The van der Waals surface area contributed by atoms with Gasteiger partial charge in [0, 0.05) is 19.8 Å². The number of pyridine rings is 2. The number of nitrogens with two attached hydrogens (primary N) is 1. The summed E-state index contributed by atoms with van der Waals surface area (Å²) in [5, 5.41) is 2.97. The third-order valence-corrected chi connectivity index (χ3v) is 5.27. The minimum Gasteiger partial charge on any atom is -0.497 e. The van der Waals surface area contributed by atoms with Crippen molar-refractivity contribution < 1.29 is 9.53 Å². The van der Waals surface area contributed by atoms with Crippen LogP contribution in [0.4, 0.5) is 5.82 Å². The second-order valence-corrected chi connectivity index (χ2v) is 7.44. The molecular weight excluding hydrogens is 424 g/mol. The number of fused-ring (bicyclic) bond motifs is 1. The summed E-state index contributed by atoms with van der Waals surface area (Å²) in [5.74, 6) is 0.569. The molecule has 0 aliphatic carbocycles. The molecule has 0 saturated heterocycles. The molecule has 0 aliphatic heterocycles. The molecule has 0 unspecified atom stereocenters. The van der Waals surface area contributed by atoms with Gasteiger partial charge in [-0.1, -0.05) is 12.1 Å². The highest BCUT2D eigenvalue weighted by Crippen LogP contribution is 2.13. The highest BCUT2D eigenvalue weighted by atomic mass is 16.5. The van der Waals surface area contributed by atoms with Gasteiger partial charge in [-0.25, -0.2) is 14.8 Å². The molecule has 33 heavy (non-hydrogen) atoms. The van der Waals surface area contributed by atoms with Crippen molar-refractivity contribution in [3.8, 4) is 5.75 Å². The first kappa shape index (κ1) is 21.8. The lowest BCUT2D eigenvalue weighted by molar-refractivity contribution is 0.0946. The van der Waals surface area contributed by atoms with Gasteiger partial charge in [0.25, 0.3) is 11.5 Å². The molecule has 3 heterocycles. The number of rotatable bonds is 6. The predicted molar refractivity (Wildman–Crippen MR) is 123 cm³/mol. The second-order valence-electron chi connectivity index (χ2n) is 7.44. The zero-order valence-electron chi connectivity index (χ0n) is 18.1. The summed E-state index contributed by atoms with van der Waals surface area (Å²) in [7, 11) is 3.12. The van der Waals surface area contributed by atoms with Crippen LogP contribution in [0.3, 0.4) is 0 Å². The van der Waals surface area contributed by atoms with E-state index in [1.54, 1.807) is 56.8 Å². The number of hydrogen-bond acceptors (Lipinski definition) is 7. The molecule has 3 aromatic heterocycles. The van der Waals surface area contributed by atoms with Gasteiger partial charge >= 0.3 is 5.69 Å². The lowest BCUT2D eigenvalue weighted by Gasteiger charge is -2.12. The Kier molecular flexibility index (Phi) is 5.90. The van der Waals surface area contributed by atoms with Gasteiger partial charge in [0.05, 0.1) is 30.8 Å². The summed E-state index contributed by atoms with van der Waals surface area (Å²) in [6.45, 7) is 0.305. The van der Waals surface area contributed by atoms with E-state index in [1.165, 1.54) is 16.8 Å². The normalized spacial score (nSPS) is 10.8. The minimum absolute atomic E-state index is 0.0660. The standard InChI is InChI=1S/C23H22N6O4/c1-28-19-12-26-18(21(30)27-11-15-7-8-25-20(24)9-15)10-17(19)22(31)29(23(28)32)13-14-3-5-16(33-2)6-4-14/h3-10,12H,11,13H2,1-2H3,(H2,24,25)(H,27,30). The maximum absolute atomic E-state index is 13.2. The summed E-state index contributed by atoms with van der Waals surface area (Å²) in [6.07, 6.45) is 2.91. The van der Waals surface area contributed by atoms with Crippen LogP contribution in [-0.4, -0.2) is 32.1 Å². The number of ether oxygens (including phenoxy) is 1. The number of aryl methyl sites for hydroxylation is 1. The summed E-state index contributed by atoms with van der Waals surface area (Å²) < 4.78 is 7.62. The molecule has 0 fully saturated rings. The molecule has 0 radical (unpaired) electrons. The second kappa shape index (κ2) is 8.95. The topological polar surface area (TPSA) is 134 Å². The number of nitrogens with one attached hydrogen (secondary N) is 1. The number of anilines is 1. The molecule has 4 rings (SSSR count). The number of hydrogen-bond donors (Lipinski definition) is 2. The molecule has 1 amide bonds. The highest BCUT2D eigenvalue weighted by Gasteiger charge is 2.15. The van der Waals surface area contributed by atoms with Gasteiger partial charge in [0.15, 0.2) is 0 Å². The number of benzene rings is 1. The maximum atomic E-state index is 13.2. The van der Waals surface area contributed by atoms with Gasteiger partial charge in [0.1, 0.15) is 17.3 Å². The molecule has 3 N–H and O–H groups in total. The molecule has 10 heteroatoms. The van der Waals surface area contributed by atoms with E-state index in [0.29, 0.717) is 17.1 Å². The number of carbonyl (C=O) groups excluding carboxylic acids is 1. The van der Waals surface area contributed by atoms with Crippen molar-refractivity contribution in [2.24, 2.45) is 7.05 Å². The van der Waals surface area contributed by atoms with E-state index < -0.39 is 17.2 Å². The Balaban J connectivity index is 1.66. The fourth-order valence-corrected chi connectivity index (χ4v) is 3.46. The first-order valence-corrected chi connectivity index (χ1v) is 10.1. The Bertz CT molecular complexity index is 1460. The Morgan fingerprint density at radius 1 is 1.09 bits per heavy atom. The van der Waals surface area contributed by atoms with Crippen LogP contribution in [-0.2, 0) is 20.1 Å². The minimum atomic E-state index is -0.498. The van der Waals surface area contributed by atoms with E-state index in [2.05, 4.69) is 15.3 Å². The third-order valence-electron chi connectivity index (χ3n) is 5.27. The number of aromatic nitrogens is 4. The van der Waals surface area contributed by atoms with Gasteiger partial charge < -0.3 is 15.8 Å². The first-order valence-electron chi connectivity index (χ1n) is 10.1. The quantitative estimate of drug-likeness (QED) is 0.452. The highest BCUT2D eigenvalue weighted by molar-refractivity contribution is 5.95. The molecule has 10 nitrogen and oxygen atoms in total. The van der Waals surface area contributed by atoms with Crippen LogP contribution >= 0.6 is 0 Å². The van der Waals surface area contributed by atoms with Gasteiger partial charge in [-0.05, 0) is 41.5 Å². The number of nitrogens with zero attached hydrogens (tertiary/aromatic N) is 4. The van der Waals surface area contributed by atoms with Crippen LogP contribution in [0.25, 0.3) is 10.9 Å². The van der Waals surface area contributed by atoms with Crippen molar-refractivity contribution in [2.75, 3.05) is 12.8 Å². The van der Waals surface area contributed by atoms with Crippen LogP contribution in [0.5, 0.6) is 5.75 Å². The summed E-state index contributed by atoms with van der Waals surface area (Å²) >= 11 is 0. The smallest absolute Gasteiger partial charge is 0.331 e. The van der Waals surface area contributed by atoms with Crippen molar-refractivity contribution in [2.45, 2.75) is 13.1 Å². The molecule has 1 aromatic carbocycles. The monoisotopic (exact) mass is 446 g/mol. The lowest BCUT2D eigenvalue weighted by Crippen LogP contribution is -2.39. The average molecular weight is 446 g/mol. The summed E-state index contributed by atoms with van der Waals surface area (Å²) in [6, 6.07) is 11.9. The van der Waals surface area contributed by atoms with Crippen LogP contribution in [0, 0.1) is 0 Å². The SMILES string of the molecule is COc1ccc(Cn2c(=O)c3cc(C(=O)NCc4ccnc(N)c4)ncc3n(C)c2=O)cc1. The number of amides is 1. The van der Waals surface area contributed by atoms with Gasteiger partial charge in [-0.15, -0.1) is 0 Å². The zero-order chi connectivity index (χ0) is 23.5. The van der Waals surface area contributed by atoms with Gasteiger partial charge in [-0.3, -0.25) is 18.7 Å². The first-order chi connectivity index (χ1) is 15.9. The van der Waals surface area contributed by atoms with E-state index in [4.69, 9.17) is 10.5 Å². The molecule has 0 saturated carbocycles. The molecule has 0 aliphatic rings. The number of carbonyl (C=O) groups is 1. The number of nitrogen functional groups attached to an aromatic ring is 1. The largest absolute Gasteiger partial charge is 0.497 e. The van der Waals surface area contributed by atoms with Crippen LogP contribution in [0.1, 0.15) is 21.6 Å². The zero-order valence-corrected chi connectivity index (χ0v) is 18.1. The average Bonchev–Trinajstić information content (AvgIpc) is 2.84. The maximum Gasteiger partial charge on any atom is 0.331 e. The molecule has 0 atom stereocenters. The van der Waals surface area contributed by atoms with Crippen molar-refractivity contribution in [1.82, 2.24) is 24.4 Å². The van der Waals surface area contributed by atoms with E-state index in [9.17, 15) is 14.4 Å². The van der Waals surface area contributed by atoms with Crippen molar-refractivity contribution in [1.29, 1.82) is 0 Å². The van der Waals surface area contributed by atoms with E-state index in [0.717, 1.165) is 15.7 Å². The third kappa shape index (κ3) is 4.45. The fourth-order valence-electron chi connectivity index (χ4n) is 3.46. The molecule has 0 spiro atoms. The van der Waals surface area contributed by atoms with Crippen LogP contribution < -0.4 is 27.0 Å². The Hall–Kier alpha value is -4.47. The van der Waals surface area contributed by atoms with Crippen molar-refractivity contribution >= 4 is 22.6 Å². The Morgan fingerprint density at radius 3 is 2.55 bits per heavy atom. The van der Waals surface area contributed by atoms with Crippen molar-refractivity contribution in [3.63, 3.8) is 0 Å². The van der Waals surface area contributed by atoms with Gasteiger partial charge in [-0.2, -0.15) is 0 Å². The van der Waals surface area contributed by atoms with Crippen molar-refractivity contribution in [3.05, 3.63) is 92.5 Å². The van der Waals surface area contributed by atoms with Crippen LogP contribution in [0.15, 0.2) is 64.4 Å². The van der Waals surface area contributed by atoms with Crippen LogP contribution in [0.2, 0.25) is 0 Å². The Morgan fingerprint density at radius 2 is 1.85 bits per heavy atom. The summed E-state index contributed by atoms with van der Waals surface area (Å²) in [5.41, 5.74) is 6.63.